The summed E-state index contributed by atoms with van der Waals surface area (Å²) < 4.78 is 0. The van der Waals surface area contributed by atoms with E-state index in [1.54, 1.807) is 0 Å². The van der Waals surface area contributed by atoms with Gasteiger partial charge in [-0.3, -0.25) is 4.79 Å². The number of carbonyl (C=O) groups excluding carboxylic acids is 1. The molecule has 2 atom stereocenters. The van der Waals surface area contributed by atoms with Crippen LogP contribution in [0.2, 0.25) is 0 Å². The Morgan fingerprint density at radius 2 is 2.31 bits per heavy atom. The number of halogens is 1. The fourth-order valence-electron chi connectivity index (χ4n) is 2.07. The van der Waals surface area contributed by atoms with E-state index in [-0.39, 0.29) is 17.9 Å². The Labute approximate surface area is 105 Å². The number of hydrogen-bond acceptors (Lipinski definition) is 1. The van der Waals surface area contributed by atoms with Crippen LogP contribution in [-0.2, 0) is 11.2 Å². The second-order valence-corrected chi connectivity index (χ2v) is 5.14. The van der Waals surface area contributed by atoms with Gasteiger partial charge in [0.05, 0.1) is 5.92 Å². The first-order valence-electron chi connectivity index (χ1n) is 5.66. The highest BCUT2D eigenvalue weighted by Gasteiger charge is 2.31. The average Bonchev–Trinajstić information content (AvgIpc) is 2.20. The van der Waals surface area contributed by atoms with Gasteiger partial charge in [-0.1, -0.05) is 40.2 Å². The summed E-state index contributed by atoms with van der Waals surface area (Å²) >= 11 is 3.38. The predicted octanol–water partition coefficient (Wildman–Crippen LogP) is 2.62. The first-order valence-corrected chi connectivity index (χ1v) is 6.78. The van der Waals surface area contributed by atoms with Crippen molar-refractivity contribution in [3.63, 3.8) is 0 Å². The van der Waals surface area contributed by atoms with Crippen molar-refractivity contribution in [2.75, 3.05) is 5.33 Å². The number of rotatable bonds is 4. The van der Waals surface area contributed by atoms with E-state index >= 15 is 0 Å². The van der Waals surface area contributed by atoms with E-state index in [4.69, 9.17) is 0 Å². The van der Waals surface area contributed by atoms with E-state index in [0.29, 0.717) is 0 Å². The largest absolute Gasteiger partial charge is 0.353 e. The van der Waals surface area contributed by atoms with Crippen molar-refractivity contribution >= 4 is 21.8 Å². The highest BCUT2D eigenvalue weighted by Crippen LogP contribution is 2.34. The third-order valence-electron chi connectivity index (χ3n) is 3.10. The zero-order chi connectivity index (χ0) is 11.5. The lowest BCUT2D eigenvalue weighted by Crippen LogP contribution is -2.40. The Balaban J connectivity index is 1.94. The molecule has 2 rings (SSSR count). The standard InChI is InChI=1S/C13H16BrNO/c1-9(6-7-14)15-13(16)12-8-10-4-2-3-5-11(10)12/h2-5,9,12H,6-8H2,1H3,(H,15,16). The molecule has 1 aliphatic carbocycles. The number of fused-ring (bicyclic) bond motifs is 1. The molecule has 86 valence electrons. The number of amides is 1. The van der Waals surface area contributed by atoms with Gasteiger partial charge in [-0.25, -0.2) is 0 Å². The third-order valence-corrected chi connectivity index (χ3v) is 3.56. The van der Waals surface area contributed by atoms with Crippen LogP contribution in [0.1, 0.15) is 30.4 Å². The van der Waals surface area contributed by atoms with Gasteiger partial charge in [0.15, 0.2) is 0 Å². The molecule has 1 aromatic rings. The lowest BCUT2D eigenvalue weighted by molar-refractivity contribution is -0.123. The quantitative estimate of drug-likeness (QED) is 0.845. The Bertz CT molecular complexity index is 391. The summed E-state index contributed by atoms with van der Waals surface area (Å²) in [5.41, 5.74) is 2.52. The molecule has 0 saturated carbocycles. The molecule has 1 aliphatic rings. The first-order chi connectivity index (χ1) is 7.72. The fourth-order valence-corrected chi connectivity index (χ4v) is 2.76. The van der Waals surface area contributed by atoms with Gasteiger partial charge in [0.25, 0.3) is 0 Å². The lowest BCUT2D eigenvalue weighted by atomic mass is 9.77. The minimum Gasteiger partial charge on any atom is -0.353 e. The molecule has 3 heteroatoms. The molecule has 2 nitrogen and oxygen atoms in total. The van der Waals surface area contributed by atoms with Gasteiger partial charge >= 0.3 is 0 Å². The molecular weight excluding hydrogens is 266 g/mol. The summed E-state index contributed by atoms with van der Waals surface area (Å²) in [6, 6.07) is 8.43. The van der Waals surface area contributed by atoms with Crippen molar-refractivity contribution in [1.82, 2.24) is 5.32 Å². The Hall–Kier alpha value is -0.830. The molecule has 0 heterocycles. The molecule has 0 fully saturated rings. The molecule has 2 unspecified atom stereocenters. The summed E-state index contributed by atoms with van der Waals surface area (Å²) in [5, 5.41) is 3.98. The molecule has 0 spiro atoms. The predicted molar refractivity (Wildman–Crippen MR) is 68.9 cm³/mol. The maximum atomic E-state index is 11.9. The van der Waals surface area contributed by atoms with Crippen molar-refractivity contribution in [1.29, 1.82) is 0 Å². The van der Waals surface area contributed by atoms with Crippen molar-refractivity contribution in [2.24, 2.45) is 0 Å². The summed E-state index contributed by atoms with van der Waals surface area (Å²) in [7, 11) is 0. The maximum absolute atomic E-state index is 11.9. The van der Waals surface area contributed by atoms with Gasteiger partial charge in [0.2, 0.25) is 5.91 Å². The molecule has 0 radical (unpaired) electrons. The minimum absolute atomic E-state index is 0.0778. The number of nitrogens with one attached hydrogen (secondary N) is 1. The third kappa shape index (κ3) is 2.29. The second-order valence-electron chi connectivity index (χ2n) is 4.34. The molecular formula is C13H16BrNO. The molecule has 0 bridgehead atoms. The van der Waals surface area contributed by atoms with E-state index in [2.05, 4.69) is 33.4 Å². The summed E-state index contributed by atoms with van der Waals surface area (Å²) in [6.07, 6.45) is 1.86. The summed E-state index contributed by atoms with van der Waals surface area (Å²) in [4.78, 5) is 11.9. The second kappa shape index (κ2) is 5.00. The molecule has 1 N–H and O–H groups in total. The fraction of sp³-hybridized carbons (Fsp3) is 0.462. The van der Waals surface area contributed by atoms with Gasteiger partial charge in [-0.15, -0.1) is 0 Å². The Kier molecular flexibility index (Phi) is 3.64. The van der Waals surface area contributed by atoms with E-state index in [9.17, 15) is 4.79 Å². The van der Waals surface area contributed by atoms with Gasteiger partial charge in [0, 0.05) is 11.4 Å². The number of benzene rings is 1. The molecule has 16 heavy (non-hydrogen) atoms. The number of hydrogen-bond donors (Lipinski definition) is 1. The number of carbonyl (C=O) groups is 1. The van der Waals surface area contributed by atoms with Crippen LogP contribution in [0.5, 0.6) is 0 Å². The van der Waals surface area contributed by atoms with Crippen LogP contribution in [0.25, 0.3) is 0 Å². The molecule has 0 aromatic heterocycles. The van der Waals surface area contributed by atoms with Gasteiger partial charge < -0.3 is 5.32 Å². The zero-order valence-electron chi connectivity index (χ0n) is 9.37. The van der Waals surface area contributed by atoms with E-state index in [0.717, 1.165) is 18.2 Å². The van der Waals surface area contributed by atoms with E-state index < -0.39 is 0 Å². The smallest absolute Gasteiger partial charge is 0.228 e. The highest BCUT2D eigenvalue weighted by atomic mass is 79.9. The monoisotopic (exact) mass is 281 g/mol. The van der Waals surface area contributed by atoms with Crippen molar-refractivity contribution in [3.8, 4) is 0 Å². The highest BCUT2D eigenvalue weighted by molar-refractivity contribution is 9.09. The van der Waals surface area contributed by atoms with Crippen LogP contribution in [0.15, 0.2) is 24.3 Å². The maximum Gasteiger partial charge on any atom is 0.228 e. The molecule has 0 aliphatic heterocycles. The molecule has 0 saturated heterocycles. The van der Waals surface area contributed by atoms with E-state index in [1.807, 2.05) is 19.1 Å². The Morgan fingerprint density at radius 1 is 1.56 bits per heavy atom. The summed E-state index contributed by atoms with van der Waals surface area (Å²) in [5.74, 6) is 0.251. The lowest BCUT2D eigenvalue weighted by Gasteiger charge is -2.30. The topological polar surface area (TPSA) is 29.1 Å². The van der Waals surface area contributed by atoms with Crippen LogP contribution in [0.3, 0.4) is 0 Å². The Morgan fingerprint density at radius 3 is 3.00 bits per heavy atom. The number of alkyl halides is 1. The normalized spacial score (nSPS) is 19.5. The van der Waals surface area contributed by atoms with Crippen LogP contribution in [0, 0.1) is 0 Å². The van der Waals surface area contributed by atoms with E-state index in [1.165, 1.54) is 11.1 Å². The van der Waals surface area contributed by atoms with Crippen LogP contribution in [0.4, 0.5) is 0 Å². The van der Waals surface area contributed by atoms with Crippen LogP contribution < -0.4 is 5.32 Å². The summed E-state index contributed by atoms with van der Waals surface area (Å²) in [6.45, 7) is 2.05. The average molecular weight is 282 g/mol. The van der Waals surface area contributed by atoms with Crippen molar-refractivity contribution in [2.45, 2.75) is 31.7 Å². The van der Waals surface area contributed by atoms with Gasteiger partial charge in [-0.05, 0) is 30.9 Å². The van der Waals surface area contributed by atoms with Gasteiger partial charge in [0.1, 0.15) is 0 Å². The SMILES string of the molecule is CC(CCBr)NC(=O)C1Cc2ccccc21. The molecule has 1 amide bonds. The van der Waals surface area contributed by atoms with Crippen LogP contribution in [-0.4, -0.2) is 17.3 Å². The first kappa shape index (κ1) is 11.6. The van der Waals surface area contributed by atoms with Crippen LogP contribution >= 0.6 is 15.9 Å². The zero-order valence-corrected chi connectivity index (χ0v) is 11.0. The minimum atomic E-state index is 0.0778. The van der Waals surface area contributed by atoms with Gasteiger partial charge in [-0.2, -0.15) is 0 Å². The molecule has 1 aromatic carbocycles. The van der Waals surface area contributed by atoms with Crippen molar-refractivity contribution < 1.29 is 4.79 Å². The van der Waals surface area contributed by atoms with Crippen molar-refractivity contribution in [3.05, 3.63) is 35.4 Å².